The number of alkyl halides is 2. The molecule has 1 aliphatic rings. The lowest BCUT2D eigenvalue weighted by Crippen LogP contribution is -2.42. The fraction of sp³-hybridized carbons (Fsp3) is 0.389. The van der Waals surface area contributed by atoms with Crippen molar-refractivity contribution in [1.82, 2.24) is 4.98 Å². The van der Waals surface area contributed by atoms with Crippen molar-refractivity contribution in [3.63, 3.8) is 0 Å². The van der Waals surface area contributed by atoms with E-state index in [9.17, 15) is 23.9 Å². The Labute approximate surface area is 153 Å². The zero-order chi connectivity index (χ0) is 19.0. The maximum absolute atomic E-state index is 13.5. The van der Waals surface area contributed by atoms with Gasteiger partial charge in [-0.2, -0.15) is 5.26 Å². The molecule has 2 aromatic rings. The highest BCUT2D eigenvalue weighted by molar-refractivity contribution is 6.31. The molecule has 2 atom stereocenters. The van der Waals surface area contributed by atoms with Crippen LogP contribution in [-0.2, 0) is 4.79 Å². The van der Waals surface area contributed by atoms with Crippen LogP contribution in [0.15, 0.2) is 18.2 Å². The number of benzene rings is 1. The fourth-order valence-electron chi connectivity index (χ4n) is 3.55. The average Bonchev–Trinajstić information content (AvgIpc) is 2.59. The SMILES string of the molecule is CC1CN(c2c(C#N)c(C(F)F)nc3ccc(Cl)cc23)CCC1C(=O)O. The molecule has 8 heteroatoms. The molecule has 0 spiro atoms. The van der Waals surface area contributed by atoms with Crippen LogP contribution in [0.4, 0.5) is 14.5 Å². The van der Waals surface area contributed by atoms with Crippen LogP contribution in [0.25, 0.3) is 10.9 Å². The lowest BCUT2D eigenvalue weighted by Gasteiger charge is -2.37. The smallest absolute Gasteiger partial charge is 0.306 e. The summed E-state index contributed by atoms with van der Waals surface area (Å²) in [5.74, 6) is -1.55. The molecule has 5 nitrogen and oxygen atoms in total. The highest BCUT2D eigenvalue weighted by atomic mass is 35.5. The molecule has 1 aromatic carbocycles. The number of aliphatic carboxylic acids is 1. The first kappa shape index (κ1) is 18.3. The molecule has 1 aromatic heterocycles. The summed E-state index contributed by atoms with van der Waals surface area (Å²) >= 11 is 6.07. The highest BCUT2D eigenvalue weighted by Gasteiger charge is 2.34. The van der Waals surface area contributed by atoms with E-state index in [1.807, 2.05) is 6.07 Å². The summed E-state index contributed by atoms with van der Waals surface area (Å²) in [6.07, 6.45) is -2.52. The number of carbonyl (C=O) groups is 1. The predicted octanol–water partition coefficient (Wildman–Crippen LogP) is 4.24. The lowest BCUT2D eigenvalue weighted by atomic mass is 9.86. The lowest BCUT2D eigenvalue weighted by molar-refractivity contribution is -0.144. The van der Waals surface area contributed by atoms with E-state index < -0.39 is 24.0 Å². The number of piperidine rings is 1. The molecule has 0 bridgehead atoms. The monoisotopic (exact) mass is 379 g/mol. The molecular weight excluding hydrogens is 364 g/mol. The maximum Gasteiger partial charge on any atom is 0.306 e. The molecule has 1 aliphatic heterocycles. The largest absolute Gasteiger partial charge is 0.481 e. The van der Waals surface area contributed by atoms with Gasteiger partial charge in [0, 0.05) is 23.5 Å². The quantitative estimate of drug-likeness (QED) is 0.862. The number of hydrogen-bond donors (Lipinski definition) is 1. The molecule has 3 rings (SSSR count). The minimum Gasteiger partial charge on any atom is -0.481 e. The van der Waals surface area contributed by atoms with Crippen molar-refractivity contribution in [2.75, 3.05) is 18.0 Å². The Hall–Kier alpha value is -2.46. The zero-order valence-corrected chi connectivity index (χ0v) is 14.7. The number of rotatable bonds is 3. The van der Waals surface area contributed by atoms with Gasteiger partial charge in [-0.25, -0.2) is 13.8 Å². The summed E-state index contributed by atoms with van der Waals surface area (Å²) in [5, 5.41) is 19.7. The summed E-state index contributed by atoms with van der Waals surface area (Å²) in [7, 11) is 0. The molecule has 1 fully saturated rings. The Bertz CT molecular complexity index is 913. The number of halogens is 3. The van der Waals surface area contributed by atoms with Crippen molar-refractivity contribution in [2.45, 2.75) is 19.8 Å². The molecule has 2 heterocycles. The minimum absolute atomic E-state index is 0.184. The first-order valence-electron chi connectivity index (χ1n) is 8.12. The van der Waals surface area contributed by atoms with Crippen LogP contribution in [-0.4, -0.2) is 29.1 Å². The summed E-state index contributed by atoms with van der Waals surface area (Å²) in [6, 6.07) is 6.56. The van der Waals surface area contributed by atoms with Crippen molar-refractivity contribution in [2.24, 2.45) is 11.8 Å². The van der Waals surface area contributed by atoms with Gasteiger partial charge >= 0.3 is 5.97 Å². The van der Waals surface area contributed by atoms with Gasteiger partial charge in [0.05, 0.1) is 17.1 Å². The van der Waals surface area contributed by atoms with Crippen LogP contribution in [0.2, 0.25) is 5.02 Å². The van der Waals surface area contributed by atoms with Gasteiger partial charge < -0.3 is 10.0 Å². The normalized spacial score (nSPS) is 20.4. The van der Waals surface area contributed by atoms with E-state index in [2.05, 4.69) is 4.98 Å². The third kappa shape index (κ3) is 3.17. The molecule has 0 saturated carbocycles. The summed E-state index contributed by atoms with van der Waals surface area (Å²) in [5.41, 5.74) is -0.0706. The number of carboxylic acid groups (broad SMARTS) is 1. The summed E-state index contributed by atoms with van der Waals surface area (Å²) in [4.78, 5) is 17.1. The molecule has 136 valence electrons. The third-order valence-electron chi connectivity index (χ3n) is 4.80. The highest BCUT2D eigenvalue weighted by Crippen LogP contribution is 2.39. The number of nitriles is 1. The number of hydrogen-bond acceptors (Lipinski definition) is 4. The van der Waals surface area contributed by atoms with E-state index in [4.69, 9.17) is 11.6 Å². The van der Waals surface area contributed by atoms with Gasteiger partial charge in [0.15, 0.2) is 0 Å². The second-order valence-electron chi connectivity index (χ2n) is 6.45. The van der Waals surface area contributed by atoms with Crippen molar-refractivity contribution in [1.29, 1.82) is 5.26 Å². The number of anilines is 1. The van der Waals surface area contributed by atoms with Crippen LogP contribution < -0.4 is 4.90 Å². The minimum atomic E-state index is -2.89. The average molecular weight is 380 g/mol. The molecule has 1 saturated heterocycles. The van der Waals surface area contributed by atoms with E-state index in [0.29, 0.717) is 41.1 Å². The number of pyridine rings is 1. The molecule has 0 aliphatic carbocycles. The molecular formula is C18H16ClF2N3O2. The predicted molar refractivity (Wildman–Crippen MR) is 93.5 cm³/mol. The van der Waals surface area contributed by atoms with Crippen molar-refractivity contribution < 1.29 is 18.7 Å². The molecule has 2 unspecified atom stereocenters. The Morgan fingerprint density at radius 1 is 1.50 bits per heavy atom. The molecule has 0 radical (unpaired) electrons. The van der Waals surface area contributed by atoms with Crippen molar-refractivity contribution >= 4 is 34.2 Å². The second-order valence-corrected chi connectivity index (χ2v) is 6.89. The third-order valence-corrected chi connectivity index (χ3v) is 5.04. The number of nitrogens with zero attached hydrogens (tertiary/aromatic N) is 3. The van der Waals surface area contributed by atoms with Gasteiger partial charge in [-0.1, -0.05) is 18.5 Å². The number of aromatic nitrogens is 1. The van der Waals surface area contributed by atoms with Crippen LogP contribution in [0, 0.1) is 23.2 Å². The van der Waals surface area contributed by atoms with Crippen LogP contribution in [0.3, 0.4) is 0 Å². The topological polar surface area (TPSA) is 77.2 Å². The van der Waals surface area contributed by atoms with Gasteiger partial charge in [-0.05, 0) is 30.5 Å². The van der Waals surface area contributed by atoms with E-state index in [1.165, 1.54) is 0 Å². The van der Waals surface area contributed by atoms with Crippen LogP contribution in [0.5, 0.6) is 0 Å². The molecule has 1 N–H and O–H groups in total. The molecule has 26 heavy (non-hydrogen) atoms. The van der Waals surface area contributed by atoms with Gasteiger partial charge in [-0.15, -0.1) is 0 Å². The second kappa shape index (κ2) is 7.04. The van der Waals surface area contributed by atoms with E-state index >= 15 is 0 Å². The zero-order valence-electron chi connectivity index (χ0n) is 13.9. The number of fused-ring (bicyclic) bond motifs is 1. The maximum atomic E-state index is 13.5. The van der Waals surface area contributed by atoms with Gasteiger partial charge in [-0.3, -0.25) is 4.79 Å². The Balaban J connectivity index is 2.19. The Morgan fingerprint density at radius 2 is 2.23 bits per heavy atom. The van der Waals surface area contributed by atoms with Crippen molar-refractivity contribution in [3.05, 3.63) is 34.5 Å². The van der Waals surface area contributed by atoms with E-state index in [-0.39, 0.29) is 11.5 Å². The summed E-state index contributed by atoms with van der Waals surface area (Å²) in [6.45, 7) is 2.51. The van der Waals surface area contributed by atoms with Gasteiger partial charge in [0.25, 0.3) is 6.43 Å². The number of carboxylic acids is 1. The molecule has 0 amide bonds. The van der Waals surface area contributed by atoms with E-state index in [1.54, 1.807) is 30.0 Å². The van der Waals surface area contributed by atoms with Gasteiger partial charge in [0.2, 0.25) is 0 Å². The first-order chi connectivity index (χ1) is 12.3. The summed E-state index contributed by atoms with van der Waals surface area (Å²) < 4.78 is 27.0. The van der Waals surface area contributed by atoms with Crippen LogP contribution in [0.1, 0.15) is 31.0 Å². The van der Waals surface area contributed by atoms with Crippen molar-refractivity contribution in [3.8, 4) is 6.07 Å². The Morgan fingerprint density at radius 3 is 2.81 bits per heavy atom. The van der Waals surface area contributed by atoms with E-state index in [0.717, 1.165) is 0 Å². The van der Waals surface area contributed by atoms with Crippen LogP contribution >= 0.6 is 11.6 Å². The Kier molecular flexibility index (Phi) is 4.97. The van der Waals surface area contributed by atoms with Gasteiger partial charge in [0.1, 0.15) is 17.3 Å². The standard InChI is InChI=1S/C18H16ClF2N3O2/c1-9-8-24(5-4-11(9)18(25)26)16-12-6-10(19)2-3-14(12)23-15(17(20)21)13(16)7-22/h2-3,6,9,11,17H,4-5,8H2,1H3,(H,25,26). The fourth-order valence-corrected chi connectivity index (χ4v) is 3.72. The first-order valence-corrected chi connectivity index (χ1v) is 8.50.